The molecule has 4 rings (SSSR count). The highest BCUT2D eigenvalue weighted by atomic mass is 16.2. The number of anilines is 1. The highest BCUT2D eigenvalue weighted by Gasteiger charge is 2.26. The second-order valence-electron chi connectivity index (χ2n) is 7.43. The van der Waals surface area contributed by atoms with Gasteiger partial charge in [-0.1, -0.05) is 0 Å². The van der Waals surface area contributed by atoms with Gasteiger partial charge < -0.3 is 10.2 Å². The molecule has 1 saturated heterocycles. The van der Waals surface area contributed by atoms with Gasteiger partial charge in [0, 0.05) is 51.2 Å². The Kier molecular flexibility index (Phi) is 5.92. The van der Waals surface area contributed by atoms with Gasteiger partial charge in [-0.2, -0.15) is 10.2 Å². The zero-order valence-electron chi connectivity index (χ0n) is 17.2. The van der Waals surface area contributed by atoms with Crippen LogP contribution in [0.4, 0.5) is 5.82 Å². The third kappa shape index (κ3) is 4.71. The molecule has 1 aliphatic heterocycles. The normalized spacial score (nSPS) is 16.3. The van der Waals surface area contributed by atoms with Crippen molar-refractivity contribution >= 4 is 11.7 Å². The van der Waals surface area contributed by atoms with Crippen LogP contribution in [0.1, 0.15) is 12.8 Å². The Morgan fingerprint density at radius 1 is 1.13 bits per heavy atom. The molecule has 0 aliphatic carbocycles. The molecule has 0 unspecified atom stereocenters. The number of hydrogen-bond donors (Lipinski definition) is 1. The van der Waals surface area contributed by atoms with Gasteiger partial charge >= 0.3 is 0 Å². The number of aryl methyl sites for hydroxylation is 1. The van der Waals surface area contributed by atoms with Gasteiger partial charge in [0.05, 0.1) is 12.5 Å². The van der Waals surface area contributed by atoms with Gasteiger partial charge in [-0.3, -0.25) is 14.4 Å². The molecule has 4 heterocycles. The molecule has 1 amide bonds. The fourth-order valence-electron chi connectivity index (χ4n) is 3.61. The van der Waals surface area contributed by atoms with E-state index in [0.717, 1.165) is 19.4 Å². The number of amides is 1. The summed E-state index contributed by atoms with van der Waals surface area (Å²) in [6, 6.07) is 7.98. The van der Waals surface area contributed by atoms with Crippen LogP contribution in [0.3, 0.4) is 0 Å². The number of aromatic nitrogens is 6. The number of nitrogens with one attached hydrogen (secondary N) is 1. The third-order valence-corrected chi connectivity index (χ3v) is 5.28. The van der Waals surface area contributed by atoms with Crippen molar-refractivity contribution in [2.45, 2.75) is 19.4 Å². The lowest BCUT2D eigenvalue weighted by molar-refractivity contribution is -0.125. The number of carbonyl (C=O) groups excluding carboxylic acids is 1. The summed E-state index contributed by atoms with van der Waals surface area (Å²) in [5.41, 5.74) is -0.412. The van der Waals surface area contributed by atoms with Crippen LogP contribution in [-0.2, 0) is 18.4 Å². The van der Waals surface area contributed by atoms with Crippen LogP contribution in [-0.4, -0.2) is 54.9 Å². The highest BCUT2D eigenvalue weighted by Crippen LogP contribution is 2.20. The number of hydrogen-bond acceptors (Lipinski definition) is 7. The van der Waals surface area contributed by atoms with Gasteiger partial charge in [0.15, 0.2) is 5.82 Å². The molecule has 0 radical (unpaired) electrons. The van der Waals surface area contributed by atoms with Crippen molar-refractivity contribution in [3.05, 3.63) is 63.4 Å². The molecule has 1 N–H and O–H groups in total. The first kappa shape index (κ1) is 20.5. The summed E-state index contributed by atoms with van der Waals surface area (Å²) < 4.78 is 4.18. The van der Waals surface area contributed by atoms with E-state index < -0.39 is 0 Å². The van der Waals surface area contributed by atoms with Crippen LogP contribution in [0.15, 0.2) is 52.3 Å². The number of carbonyl (C=O) groups is 1. The smallest absolute Gasteiger partial charge is 0.266 e. The second kappa shape index (κ2) is 8.94. The maximum atomic E-state index is 12.7. The van der Waals surface area contributed by atoms with Gasteiger partial charge in [0.25, 0.3) is 11.1 Å². The number of rotatable bonds is 6. The van der Waals surface area contributed by atoms with E-state index in [1.165, 1.54) is 21.5 Å². The molecular weight excluding hydrogens is 400 g/mol. The molecule has 1 aliphatic rings. The van der Waals surface area contributed by atoms with E-state index in [0.29, 0.717) is 24.7 Å². The monoisotopic (exact) mass is 424 g/mol. The Bertz CT molecular complexity index is 1170. The molecular formula is C20H24N8O3. The summed E-state index contributed by atoms with van der Waals surface area (Å²) >= 11 is 0. The van der Waals surface area contributed by atoms with Gasteiger partial charge in [-0.05, 0) is 31.0 Å². The molecule has 3 aromatic heterocycles. The maximum absolute atomic E-state index is 12.7. The van der Waals surface area contributed by atoms with E-state index in [-0.39, 0.29) is 29.5 Å². The van der Waals surface area contributed by atoms with Crippen LogP contribution >= 0.6 is 0 Å². The van der Waals surface area contributed by atoms with Crippen molar-refractivity contribution in [1.82, 2.24) is 34.7 Å². The summed E-state index contributed by atoms with van der Waals surface area (Å²) in [6.07, 6.45) is 5.01. The fraction of sp³-hybridized carbons (Fsp3) is 0.400. The molecule has 1 atom stereocenters. The summed E-state index contributed by atoms with van der Waals surface area (Å²) in [5, 5.41) is 15.6. The van der Waals surface area contributed by atoms with Crippen molar-refractivity contribution in [3.63, 3.8) is 0 Å². The minimum atomic E-state index is -0.241. The average Bonchev–Trinajstić information content (AvgIpc) is 3.32. The van der Waals surface area contributed by atoms with Crippen LogP contribution in [0.5, 0.6) is 0 Å². The van der Waals surface area contributed by atoms with E-state index in [2.05, 4.69) is 20.6 Å². The molecule has 11 heteroatoms. The minimum absolute atomic E-state index is 0.0641. The van der Waals surface area contributed by atoms with Crippen molar-refractivity contribution in [2.75, 3.05) is 24.5 Å². The number of nitrogens with zero attached hydrogens (tertiary/aromatic N) is 7. The lowest BCUT2D eigenvalue weighted by atomic mass is 9.97. The minimum Gasteiger partial charge on any atom is -0.354 e. The molecule has 0 saturated carbocycles. The van der Waals surface area contributed by atoms with E-state index in [4.69, 9.17) is 0 Å². The van der Waals surface area contributed by atoms with Crippen LogP contribution < -0.4 is 21.3 Å². The van der Waals surface area contributed by atoms with E-state index in [1.54, 1.807) is 42.3 Å². The lowest BCUT2D eigenvalue weighted by Crippen LogP contribution is -2.44. The van der Waals surface area contributed by atoms with Crippen LogP contribution in [0.25, 0.3) is 5.82 Å². The highest BCUT2D eigenvalue weighted by molar-refractivity contribution is 5.79. The summed E-state index contributed by atoms with van der Waals surface area (Å²) in [6.45, 7) is 1.87. The molecule has 162 valence electrons. The zero-order valence-corrected chi connectivity index (χ0v) is 17.2. The Morgan fingerprint density at radius 3 is 2.71 bits per heavy atom. The zero-order chi connectivity index (χ0) is 21.8. The Morgan fingerprint density at radius 2 is 1.94 bits per heavy atom. The van der Waals surface area contributed by atoms with E-state index in [9.17, 15) is 14.4 Å². The van der Waals surface area contributed by atoms with E-state index in [1.807, 2.05) is 4.90 Å². The van der Waals surface area contributed by atoms with Crippen LogP contribution in [0.2, 0.25) is 0 Å². The van der Waals surface area contributed by atoms with Gasteiger partial charge in [0.1, 0.15) is 5.82 Å². The predicted molar refractivity (Wildman–Crippen MR) is 113 cm³/mol. The Labute approximate surface area is 177 Å². The van der Waals surface area contributed by atoms with Crippen molar-refractivity contribution < 1.29 is 4.79 Å². The summed E-state index contributed by atoms with van der Waals surface area (Å²) in [4.78, 5) is 38.4. The lowest BCUT2D eigenvalue weighted by Gasteiger charge is -2.32. The van der Waals surface area contributed by atoms with Crippen LogP contribution in [0, 0.1) is 5.92 Å². The quantitative estimate of drug-likeness (QED) is 0.569. The predicted octanol–water partition coefficient (Wildman–Crippen LogP) is -0.444. The topological polar surface area (TPSA) is 120 Å². The first-order valence-corrected chi connectivity index (χ1v) is 10.2. The second-order valence-corrected chi connectivity index (χ2v) is 7.43. The molecule has 0 spiro atoms. The molecule has 0 aromatic carbocycles. The molecule has 3 aromatic rings. The van der Waals surface area contributed by atoms with Gasteiger partial charge in [-0.25, -0.2) is 14.0 Å². The summed E-state index contributed by atoms with van der Waals surface area (Å²) in [7, 11) is 1.61. The number of piperidine rings is 1. The average molecular weight is 424 g/mol. The van der Waals surface area contributed by atoms with Crippen molar-refractivity contribution in [3.8, 4) is 5.82 Å². The molecule has 31 heavy (non-hydrogen) atoms. The first-order chi connectivity index (χ1) is 15.0. The van der Waals surface area contributed by atoms with E-state index >= 15 is 0 Å². The maximum Gasteiger partial charge on any atom is 0.266 e. The third-order valence-electron chi connectivity index (χ3n) is 5.28. The Hall–Kier alpha value is -3.76. The SMILES string of the molecule is Cn1nc(N2CCC[C@H](C(=O)NCCn3nc(-n4cccn4)ccc3=O)C2)ccc1=O. The summed E-state index contributed by atoms with van der Waals surface area (Å²) in [5.74, 6) is 0.966. The van der Waals surface area contributed by atoms with Crippen molar-refractivity contribution in [1.29, 1.82) is 0 Å². The first-order valence-electron chi connectivity index (χ1n) is 10.2. The Balaban J connectivity index is 1.34. The largest absolute Gasteiger partial charge is 0.354 e. The van der Waals surface area contributed by atoms with Gasteiger partial charge in [0.2, 0.25) is 5.91 Å². The molecule has 0 bridgehead atoms. The van der Waals surface area contributed by atoms with Crippen molar-refractivity contribution in [2.24, 2.45) is 13.0 Å². The molecule has 1 fully saturated rings. The van der Waals surface area contributed by atoms with Gasteiger partial charge in [-0.15, -0.1) is 5.10 Å². The fourth-order valence-corrected chi connectivity index (χ4v) is 3.61. The molecule has 11 nitrogen and oxygen atoms in total. The standard InChI is InChI=1S/C20H24N8O3/c1-25-18(29)7-5-16(23-25)26-11-2-4-15(14-26)20(31)21-10-13-28-19(30)8-6-17(24-28)27-12-3-9-22-27/h3,5-9,12,15H,2,4,10-11,13-14H2,1H3,(H,21,31)/t15-/m0/s1.